The predicted molar refractivity (Wildman–Crippen MR) is 51.3 cm³/mol. The molecule has 0 saturated carbocycles. The Morgan fingerprint density at radius 2 is 2.23 bits per heavy atom. The minimum absolute atomic E-state index is 0.218. The van der Waals surface area contributed by atoms with Gasteiger partial charge in [-0.3, -0.25) is 4.79 Å². The highest BCUT2D eigenvalue weighted by atomic mass is 16.1. The third kappa shape index (κ3) is 1.77. The van der Waals surface area contributed by atoms with Gasteiger partial charge in [-0.25, -0.2) is 4.98 Å². The van der Waals surface area contributed by atoms with Crippen molar-refractivity contribution in [1.29, 1.82) is 0 Å². The molecule has 0 atom stereocenters. The van der Waals surface area contributed by atoms with Crippen LogP contribution in [0.5, 0.6) is 0 Å². The summed E-state index contributed by atoms with van der Waals surface area (Å²) in [5.41, 5.74) is 12.8. The summed E-state index contributed by atoms with van der Waals surface area (Å²) in [6, 6.07) is 1.68. The largest absolute Gasteiger partial charge is 0.383 e. The molecule has 0 aliphatic rings. The number of nitrogens with two attached hydrogens (primary N) is 2. The zero-order valence-corrected chi connectivity index (χ0v) is 7.79. The quantitative estimate of drug-likeness (QED) is 0.698. The van der Waals surface area contributed by atoms with Crippen LogP contribution in [0.15, 0.2) is 6.07 Å². The zero-order chi connectivity index (χ0) is 10.0. The number of carbonyl (C=O) groups is 1. The van der Waals surface area contributed by atoms with Gasteiger partial charge >= 0.3 is 0 Å². The van der Waals surface area contributed by atoms with Gasteiger partial charge in [0.25, 0.3) is 5.91 Å². The van der Waals surface area contributed by atoms with E-state index in [-0.39, 0.29) is 5.82 Å². The van der Waals surface area contributed by atoms with E-state index < -0.39 is 5.91 Å². The van der Waals surface area contributed by atoms with Crippen LogP contribution in [0.4, 0.5) is 5.82 Å². The molecule has 1 rings (SSSR count). The molecule has 0 radical (unpaired) electrons. The summed E-state index contributed by atoms with van der Waals surface area (Å²) in [5.74, 6) is -0.314. The Hall–Kier alpha value is -1.58. The number of aryl methyl sites for hydroxylation is 2. The van der Waals surface area contributed by atoms with Gasteiger partial charge in [-0.05, 0) is 25.0 Å². The van der Waals surface area contributed by atoms with Crippen LogP contribution >= 0.6 is 0 Å². The van der Waals surface area contributed by atoms with E-state index in [1.807, 2.05) is 13.8 Å². The number of primary amides is 1. The van der Waals surface area contributed by atoms with E-state index in [0.29, 0.717) is 5.56 Å². The second-order valence-corrected chi connectivity index (χ2v) is 2.90. The lowest BCUT2D eigenvalue weighted by Crippen LogP contribution is -2.15. The Morgan fingerprint density at radius 1 is 1.62 bits per heavy atom. The molecule has 1 aromatic rings. The first-order chi connectivity index (χ1) is 6.06. The maximum Gasteiger partial charge on any atom is 0.252 e. The van der Waals surface area contributed by atoms with Crippen LogP contribution in [0.25, 0.3) is 0 Å². The number of carbonyl (C=O) groups excluding carboxylic acids is 1. The summed E-state index contributed by atoms with van der Waals surface area (Å²) in [7, 11) is 0. The molecule has 4 nitrogen and oxygen atoms in total. The van der Waals surface area contributed by atoms with Gasteiger partial charge in [0.15, 0.2) is 0 Å². The summed E-state index contributed by atoms with van der Waals surface area (Å²) < 4.78 is 0. The maximum atomic E-state index is 10.9. The summed E-state index contributed by atoms with van der Waals surface area (Å²) >= 11 is 0. The van der Waals surface area contributed by atoms with E-state index >= 15 is 0 Å². The van der Waals surface area contributed by atoms with Crippen molar-refractivity contribution in [2.75, 3.05) is 5.73 Å². The molecule has 1 heterocycles. The molecular weight excluding hydrogens is 166 g/mol. The van der Waals surface area contributed by atoms with Gasteiger partial charge in [-0.2, -0.15) is 0 Å². The monoisotopic (exact) mass is 179 g/mol. The standard InChI is InChI=1S/C9H13N3O/c1-3-7-5(2)4-6(9(11)13)8(10)12-7/h4H,3H2,1-2H3,(H2,10,12)(H2,11,13). The third-order valence-corrected chi connectivity index (χ3v) is 1.95. The molecule has 0 aliphatic carbocycles. The number of nitrogens with zero attached hydrogens (tertiary/aromatic N) is 1. The first-order valence-electron chi connectivity index (χ1n) is 4.12. The van der Waals surface area contributed by atoms with Crippen molar-refractivity contribution in [3.8, 4) is 0 Å². The highest BCUT2D eigenvalue weighted by Crippen LogP contribution is 2.14. The van der Waals surface area contributed by atoms with E-state index in [1.165, 1.54) is 0 Å². The first kappa shape index (κ1) is 9.51. The van der Waals surface area contributed by atoms with Gasteiger partial charge in [0.1, 0.15) is 5.82 Å². The summed E-state index contributed by atoms with van der Waals surface area (Å²) in [4.78, 5) is 15.0. The first-order valence-corrected chi connectivity index (χ1v) is 4.12. The van der Waals surface area contributed by atoms with Gasteiger partial charge in [0.05, 0.1) is 5.56 Å². The molecule has 1 aromatic heterocycles. The fraction of sp³-hybridized carbons (Fsp3) is 0.333. The van der Waals surface area contributed by atoms with E-state index in [2.05, 4.69) is 4.98 Å². The zero-order valence-electron chi connectivity index (χ0n) is 7.79. The van der Waals surface area contributed by atoms with Crippen LogP contribution < -0.4 is 11.5 Å². The molecular formula is C9H13N3O. The van der Waals surface area contributed by atoms with Gasteiger partial charge in [0.2, 0.25) is 0 Å². The summed E-state index contributed by atoms with van der Waals surface area (Å²) in [5, 5.41) is 0. The highest BCUT2D eigenvalue weighted by Gasteiger charge is 2.09. The molecule has 4 N–H and O–H groups in total. The Bertz CT molecular complexity index is 347. The third-order valence-electron chi connectivity index (χ3n) is 1.95. The van der Waals surface area contributed by atoms with Gasteiger partial charge in [-0.1, -0.05) is 6.92 Å². The molecule has 0 aliphatic heterocycles. The minimum Gasteiger partial charge on any atom is -0.383 e. The van der Waals surface area contributed by atoms with Crippen molar-refractivity contribution in [3.05, 3.63) is 22.9 Å². The number of hydrogen-bond donors (Lipinski definition) is 2. The molecule has 0 fully saturated rings. The molecule has 0 saturated heterocycles. The molecule has 0 unspecified atom stereocenters. The Labute approximate surface area is 77.0 Å². The predicted octanol–water partition coefficient (Wildman–Crippen LogP) is 0.634. The van der Waals surface area contributed by atoms with Crippen molar-refractivity contribution in [2.24, 2.45) is 5.73 Å². The topological polar surface area (TPSA) is 82.0 Å². The molecule has 70 valence electrons. The van der Waals surface area contributed by atoms with Gasteiger partial charge in [-0.15, -0.1) is 0 Å². The summed E-state index contributed by atoms with van der Waals surface area (Å²) in [6.45, 7) is 3.87. The molecule has 0 aromatic carbocycles. The molecule has 0 spiro atoms. The number of hydrogen-bond acceptors (Lipinski definition) is 3. The van der Waals surface area contributed by atoms with Crippen LogP contribution in [0.1, 0.15) is 28.5 Å². The van der Waals surface area contributed by atoms with E-state index in [9.17, 15) is 4.79 Å². The lowest BCUT2D eigenvalue weighted by molar-refractivity contribution is 0.100. The van der Waals surface area contributed by atoms with Crippen LogP contribution in [0.2, 0.25) is 0 Å². The van der Waals surface area contributed by atoms with Crippen LogP contribution in [-0.2, 0) is 6.42 Å². The van der Waals surface area contributed by atoms with Crippen LogP contribution in [0.3, 0.4) is 0 Å². The number of anilines is 1. The molecule has 4 heteroatoms. The average Bonchev–Trinajstić information content (AvgIpc) is 2.07. The van der Waals surface area contributed by atoms with E-state index in [0.717, 1.165) is 17.7 Å². The van der Waals surface area contributed by atoms with Crippen LogP contribution in [0, 0.1) is 6.92 Å². The molecule has 13 heavy (non-hydrogen) atoms. The Kier molecular flexibility index (Phi) is 2.51. The van der Waals surface area contributed by atoms with E-state index in [1.54, 1.807) is 6.07 Å². The fourth-order valence-electron chi connectivity index (χ4n) is 1.22. The van der Waals surface area contributed by atoms with E-state index in [4.69, 9.17) is 11.5 Å². The normalized spacial score (nSPS) is 10.0. The minimum atomic E-state index is -0.532. The van der Waals surface area contributed by atoms with Crippen molar-refractivity contribution in [2.45, 2.75) is 20.3 Å². The fourth-order valence-corrected chi connectivity index (χ4v) is 1.22. The lowest BCUT2D eigenvalue weighted by Gasteiger charge is -2.06. The maximum absolute atomic E-state index is 10.9. The SMILES string of the molecule is CCc1nc(N)c(C(N)=O)cc1C. The smallest absolute Gasteiger partial charge is 0.252 e. The second-order valence-electron chi connectivity index (χ2n) is 2.90. The second kappa shape index (κ2) is 3.43. The van der Waals surface area contributed by atoms with Crippen LogP contribution in [-0.4, -0.2) is 10.9 Å². The highest BCUT2D eigenvalue weighted by molar-refractivity contribution is 5.97. The Balaban J connectivity index is 3.28. The number of aromatic nitrogens is 1. The number of pyridine rings is 1. The molecule has 1 amide bonds. The van der Waals surface area contributed by atoms with Gasteiger partial charge in [0, 0.05) is 5.69 Å². The van der Waals surface area contributed by atoms with Crippen molar-refractivity contribution in [3.63, 3.8) is 0 Å². The Morgan fingerprint density at radius 3 is 2.69 bits per heavy atom. The van der Waals surface area contributed by atoms with Gasteiger partial charge < -0.3 is 11.5 Å². The number of rotatable bonds is 2. The molecule has 0 bridgehead atoms. The van der Waals surface area contributed by atoms with Crippen molar-refractivity contribution in [1.82, 2.24) is 4.98 Å². The average molecular weight is 179 g/mol. The summed E-state index contributed by atoms with van der Waals surface area (Å²) in [6.07, 6.45) is 0.801. The lowest BCUT2D eigenvalue weighted by atomic mass is 10.1. The number of nitrogen functional groups attached to an aromatic ring is 1. The van der Waals surface area contributed by atoms with Crippen molar-refractivity contribution >= 4 is 11.7 Å². The van der Waals surface area contributed by atoms with Crippen molar-refractivity contribution < 1.29 is 4.79 Å². The number of amides is 1.